The number of nitrogens with one attached hydrogen (secondary N) is 1. The molecule has 1 rings (SSSR count). The fourth-order valence-corrected chi connectivity index (χ4v) is 1.22. The number of amides is 1. The first-order valence-electron chi connectivity index (χ1n) is 5.57. The van der Waals surface area contributed by atoms with E-state index in [1.165, 1.54) is 0 Å². The largest absolute Gasteiger partial charge is 0.497 e. The minimum atomic E-state index is -1.16. The molecule has 0 heterocycles. The van der Waals surface area contributed by atoms with Crippen LogP contribution in [0.2, 0.25) is 0 Å². The zero-order valence-corrected chi connectivity index (χ0v) is 10.5. The van der Waals surface area contributed by atoms with Gasteiger partial charge in [0.25, 0.3) is 0 Å². The maximum absolute atomic E-state index is 11.1. The van der Waals surface area contributed by atoms with Crippen LogP contribution >= 0.6 is 0 Å². The van der Waals surface area contributed by atoms with Crippen LogP contribution in [0.3, 0.4) is 0 Å². The standard InChI is InChI=1S/C13H15NO5/c1-18-10-2-4-11(5-3-10)19-9-8-14-12(15)6-7-13(16)17/h2-7H,8-9H2,1H3,(H,14,15)(H,16,17)/b7-6+. The van der Waals surface area contributed by atoms with Gasteiger partial charge in [-0.25, -0.2) is 4.79 Å². The molecule has 0 unspecified atom stereocenters. The van der Waals surface area contributed by atoms with Crippen molar-refractivity contribution in [3.05, 3.63) is 36.4 Å². The van der Waals surface area contributed by atoms with Gasteiger partial charge in [0.05, 0.1) is 13.7 Å². The Bertz CT molecular complexity index is 453. The van der Waals surface area contributed by atoms with E-state index in [-0.39, 0.29) is 6.54 Å². The number of carboxylic acid groups (broad SMARTS) is 1. The van der Waals surface area contributed by atoms with Gasteiger partial charge >= 0.3 is 5.97 Å². The highest BCUT2D eigenvalue weighted by Crippen LogP contribution is 2.16. The third-order valence-electron chi connectivity index (χ3n) is 2.11. The molecular weight excluding hydrogens is 250 g/mol. The molecule has 0 saturated heterocycles. The number of benzene rings is 1. The molecular formula is C13H15NO5. The number of hydrogen-bond acceptors (Lipinski definition) is 4. The van der Waals surface area contributed by atoms with Crippen LogP contribution in [0, 0.1) is 0 Å². The maximum atomic E-state index is 11.1. The summed E-state index contributed by atoms with van der Waals surface area (Å²) in [6.07, 6.45) is 1.73. The van der Waals surface area contributed by atoms with Gasteiger partial charge in [0.1, 0.15) is 18.1 Å². The number of hydrogen-bond donors (Lipinski definition) is 2. The summed E-state index contributed by atoms with van der Waals surface area (Å²) < 4.78 is 10.4. The van der Waals surface area contributed by atoms with Crippen LogP contribution in [0.15, 0.2) is 36.4 Å². The normalized spacial score (nSPS) is 10.2. The number of methoxy groups -OCH3 is 1. The molecule has 0 radical (unpaired) electrons. The fourth-order valence-electron chi connectivity index (χ4n) is 1.22. The summed E-state index contributed by atoms with van der Waals surface area (Å²) in [7, 11) is 1.58. The van der Waals surface area contributed by atoms with Crippen LogP contribution in [0.1, 0.15) is 0 Å². The minimum absolute atomic E-state index is 0.287. The third-order valence-corrected chi connectivity index (χ3v) is 2.11. The van der Waals surface area contributed by atoms with Crippen LogP contribution in [-0.4, -0.2) is 37.2 Å². The number of carbonyl (C=O) groups excluding carboxylic acids is 1. The van der Waals surface area contributed by atoms with Crippen molar-refractivity contribution in [3.8, 4) is 11.5 Å². The lowest BCUT2D eigenvalue weighted by molar-refractivity contribution is -0.131. The predicted molar refractivity (Wildman–Crippen MR) is 68.3 cm³/mol. The number of carbonyl (C=O) groups is 2. The lowest BCUT2D eigenvalue weighted by atomic mass is 10.3. The van der Waals surface area contributed by atoms with E-state index in [2.05, 4.69) is 5.32 Å². The summed E-state index contributed by atoms with van der Waals surface area (Å²) in [5.74, 6) is -0.235. The molecule has 2 N–H and O–H groups in total. The Hall–Kier alpha value is -2.50. The molecule has 0 aliphatic heterocycles. The van der Waals surface area contributed by atoms with Crippen molar-refractivity contribution in [1.82, 2.24) is 5.32 Å². The highest BCUT2D eigenvalue weighted by Gasteiger charge is 1.98. The molecule has 1 amide bonds. The molecule has 1 aromatic carbocycles. The molecule has 0 fully saturated rings. The molecule has 102 valence electrons. The van der Waals surface area contributed by atoms with Crippen LogP contribution in [0.25, 0.3) is 0 Å². The van der Waals surface area contributed by atoms with Gasteiger partial charge in [-0.05, 0) is 24.3 Å². The van der Waals surface area contributed by atoms with Gasteiger partial charge in [0.15, 0.2) is 0 Å². The third kappa shape index (κ3) is 6.11. The molecule has 6 heteroatoms. The Morgan fingerprint density at radius 1 is 1.21 bits per heavy atom. The van der Waals surface area contributed by atoms with E-state index >= 15 is 0 Å². The van der Waals surface area contributed by atoms with Gasteiger partial charge in [0, 0.05) is 12.2 Å². The summed E-state index contributed by atoms with van der Waals surface area (Å²) in [5, 5.41) is 10.8. The van der Waals surface area contributed by atoms with Gasteiger partial charge in [-0.3, -0.25) is 4.79 Å². The Morgan fingerprint density at radius 2 is 1.84 bits per heavy atom. The van der Waals surface area contributed by atoms with Gasteiger partial charge in [-0.15, -0.1) is 0 Å². The van der Waals surface area contributed by atoms with E-state index < -0.39 is 11.9 Å². The van der Waals surface area contributed by atoms with Gasteiger partial charge in [-0.1, -0.05) is 0 Å². The molecule has 0 aromatic heterocycles. The lowest BCUT2D eigenvalue weighted by Crippen LogP contribution is -2.26. The Morgan fingerprint density at radius 3 is 2.42 bits per heavy atom. The van der Waals surface area contributed by atoms with E-state index in [4.69, 9.17) is 14.6 Å². The molecule has 0 bridgehead atoms. The average Bonchev–Trinajstić information content (AvgIpc) is 2.42. The second-order valence-corrected chi connectivity index (χ2v) is 3.49. The first kappa shape index (κ1) is 14.6. The predicted octanol–water partition coefficient (Wildman–Crippen LogP) is 0.831. The highest BCUT2D eigenvalue weighted by atomic mass is 16.5. The first-order valence-corrected chi connectivity index (χ1v) is 5.57. The fraction of sp³-hybridized carbons (Fsp3) is 0.231. The van der Waals surface area contributed by atoms with Gasteiger partial charge < -0.3 is 19.9 Å². The van der Waals surface area contributed by atoms with Crippen molar-refractivity contribution in [2.24, 2.45) is 0 Å². The van der Waals surface area contributed by atoms with E-state index in [0.717, 1.165) is 17.9 Å². The van der Waals surface area contributed by atoms with Crippen LogP contribution in [0.5, 0.6) is 11.5 Å². The number of aliphatic carboxylic acids is 1. The van der Waals surface area contributed by atoms with Crippen molar-refractivity contribution < 1.29 is 24.2 Å². The zero-order chi connectivity index (χ0) is 14.1. The van der Waals surface area contributed by atoms with Crippen LogP contribution in [0.4, 0.5) is 0 Å². The molecule has 6 nitrogen and oxygen atoms in total. The van der Waals surface area contributed by atoms with E-state index in [9.17, 15) is 9.59 Å². The topological polar surface area (TPSA) is 84.9 Å². The van der Waals surface area contributed by atoms with Crippen LogP contribution < -0.4 is 14.8 Å². The zero-order valence-electron chi connectivity index (χ0n) is 10.5. The summed E-state index contributed by atoms with van der Waals surface area (Å²) in [6.45, 7) is 0.577. The summed E-state index contributed by atoms with van der Waals surface area (Å²) in [5.41, 5.74) is 0. The summed E-state index contributed by atoms with van der Waals surface area (Å²) in [6, 6.07) is 7.04. The van der Waals surface area contributed by atoms with Crippen molar-refractivity contribution >= 4 is 11.9 Å². The molecule has 0 aliphatic carbocycles. The van der Waals surface area contributed by atoms with E-state index in [0.29, 0.717) is 12.4 Å². The molecule has 1 aromatic rings. The van der Waals surface area contributed by atoms with Gasteiger partial charge in [-0.2, -0.15) is 0 Å². The second kappa shape index (κ2) is 7.75. The van der Waals surface area contributed by atoms with Crippen LogP contribution in [-0.2, 0) is 9.59 Å². The molecule has 0 spiro atoms. The highest BCUT2D eigenvalue weighted by molar-refractivity contribution is 5.93. The average molecular weight is 265 g/mol. The SMILES string of the molecule is COc1ccc(OCCNC(=O)/C=C/C(=O)O)cc1. The van der Waals surface area contributed by atoms with E-state index in [1.54, 1.807) is 31.4 Å². The Labute approximate surface area is 110 Å². The number of ether oxygens (including phenoxy) is 2. The smallest absolute Gasteiger partial charge is 0.328 e. The second-order valence-electron chi connectivity index (χ2n) is 3.49. The monoisotopic (exact) mass is 265 g/mol. The van der Waals surface area contributed by atoms with Crippen molar-refractivity contribution in [3.63, 3.8) is 0 Å². The number of carboxylic acids is 1. The van der Waals surface area contributed by atoms with Crippen molar-refractivity contribution in [1.29, 1.82) is 0 Å². The molecule has 0 atom stereocenters. The Balaban J connectivity index is 2.23. The Kier molecular flexibility index (Phi) is 5.94. The molecule has 0 saturated carbocycles. The lowest BCUT2D eigenvalue weighted by Gasteiger charge is -2.07. The van der Waals surface area contributed by atoms with Crippen molar-refractivity contribution in [2.45, 2.75) is 0 Å². The number of rotatable bonds is 7. The molecule has 19 heavy (non-hydrogen) atoms. The van der Waals surface area contributed by atoms with E-state index in [1.807, 2.05) is 0 Å². The molecule has 0 aliphatic rings. The maximum Gasteiger partial charge on any atom is 0.328 e. The van der Waals surface area contributed by atoms with Crippen molar-refractivity contribution in [2.75, 3.05) is 20.3 Å². The summed E-state index contributed by atoms with van der Waals surface area (Å²) in [4.78, 5) is 21.3. The minimum Gasteiger partial charge on any atom is -0.497 e. The summed E-state index contributed by atoms with van der Waals surface area (Å²) >= 11 is 0. The quantitative estimate of drug-likeness (QED) is 0.563. The first-order chi connectivity index (χ1) is 9.11. The van der Waals surface area contributed by atoms with Gasteiger partial charge in [0.2, 0.25) is 5.91 Å².